The van der Waals surface area contributed by atoms with Crippen LogP contribution in [0.1, 0.15) is 59.0 Å². The maximum absolute atomic E-state index is 13.4. The van der Waals surface area contributed by atoms with E-state index in [1.807, 2.05) is 42.5 Å². The fourth-order valence-electron chi connectivity index (χ4n) is 7.67. The number of aliphatic hydroxyl groups is 2. The molecule has 0 bridgehead atoms. The van der Waals surface area contributed by atoms with Crippen molar-refractivity contribution in [3.63, 3.8) is 0 Å². The number of nitrogens with zero attached hydrogens (tertiary/aromatic N) is 4. The van der Waals surface area contributed by atoms with Gasteiger partial charge in [-0.2, -0.15) is 4.98 Å². The van der Waals surface area contributed by atoms with Crippen molar-refractivity contribution in [2.24, 2.45) is 10.8 Å². The van der Waals surface area contributed by atoms with Gasteiger partial charge >= 0.3 is 0 Å². The summed E-state index contributed by atoms with van der Waals surface area (Å²) in [5, 5.41) is 22.8. The molecule has 3 aliphatic rings. The van der Waals surface area contributed by atoms with Crippen molar-refractivity contribution in [3.8, 4) is 22.9 Å². The number of nitrogens with one attached hydrogen (secondary N) is 1. The van der Waals surface area contributed by atoms with Crippen LogP contribution in [0.3, 0.4) is 0 Å². The van der Waals surface area contributed by atoms with E-state index in [2.05, 4.69) is 38.9 Å². The number of likely N-dealkylation sites (tertiary alicyclic amines) is 2. The molecule has 2 fully saturated rings. The van der Waals surface area contributed by atoms with E-state index in [-0.39, 0.29) is 36.1 Å². The normalized spacial score (nSPS) is 19.2. The summed E-state index contributed by atoms with van der Waals surface area (Å²) in [5.41, 5.74) is 5.98. The molecule has 2 aromatic carbocycles. The second kappa shape index (κ2) is 14.3. The minimum Gasteiger partial charge on any atom is -0.481 e. The molecule has 268 valence electrons. The van der Waals surface area contributed by atoms with Crippen molar-refractivity contribution < 1.29 is 24.5 Å². The van der Waals surface area contributed by atoms with Gasteiger partial charge in [0.2, 0.25) is 11.8 Å². The van der Waals surface area contributed by atoms with E-state index in [1.54, 1.807) is 25.4 Å². The Kier molecular flexibility index (Phi) is 10.0. The number of hydrogen-bond donors (Lipinski definition) is 3. The number of carbonyl (C=O) groups excluding carboxylic acids is 1. The molecule has 0 unspecified atom stereocenters. The van der Waals surface area contributed by atoms with E-state index in [4.69, 9.17) is 32.7 Å². The van der Waals surface area contributed by atoms with Gasteiger partial charge in [-0.1, -0.05) is 73.4 Å². The molecular weight excluding hydrogens is 689 g/mol. The average molecular weight is 733 g/mol. The summed E-state index contributed by atoms with van der Waals surface area (Å²) in [6, 6.07) is 17.1. The van der Waals surface area contributed by atoms with Gasteiger partial charge in [-0.15, -0.1) is 0 Å². The minimum absolute atomic E-state index is 0.0301. The Hall–Kier alpha value is -3.77. The lowest BCUT2D eigenvalue weighted by Gasteiger charge is -2.47. The lowest BCUT2D eigenvalue weighted by Crippen LogP contribution is -2.55. The van der Waals surface area contributed by atoms with Crippen LogP contribution >= 0.6 is 23.2 Å². The van der Waals surface area contributed by atoms with E-state index in [0.29, 0.717) is 39.7 Å². The molecule has 4 heterocycles. The second-order valence-electron chi connectivity index (χ2n) is 14.9. The summed E-state index contributed by atoms with van der Waals surface area (Å²) in [6.45, 7) is 9.12. The van der Waals surface area contributed by atoms with Crippen LogP contribution in [0.5, 0.6) is 11.8 Å². The summed E-state index contributed by atoms with van der Waals surface area (Å²) in [5.74, 6) is 0.877. The predicted octanol–water partition coefficient (Wildman–Crippen LogP) is 6.41. The molecule has 2 saturated heterocycles. The lowest BCUT2D eigenvalue weighted by molar-refractivity contribution is -0.0322. The predicted molar refractivity (Wildman–Crippen MR) is 198 cm³/mol. The summed E-state index contributed by atoms with van der Waals surface area (Å²) >= 11 is 13.7. The third kappa shape index (κ3) is 7.31. The molecule has 51 heavy (non-hydrogen) atoms. The van der Waals surface area contributed by atoms with E-state index >= 15 is 0 Å². The number of anilines is 1. The first-order chi connectivity index (χ1) is 24.5. The quantitative estimate of drug-likeness (QED) is 0.152. The number of methoxy groups -OCH3 is 1. The number of halogens is 2. The Morgan fingerprint density at radius 3 is 2.29 bits per heavy atom. The molecule has 0 spiro atoms. The van der Waals surface area contributed by atoms with Gasteiger partial charge in [-0.05, 0) is 53.3 Å². The Morgan fingerprint density at radius 1 is 0.941 bits per heavy atom. The van der Waals surface area contributed by atoms with E-state index in [0.717, 1.165) is 78.9 Å². The number of aromatic nitrogens is 2. The number of ether oxygens (including phenoxy) is 2. The molecule has 7 rings (SSSR count). The molecule has 0 saturated carbocycles. The van der Waals surface area contributed by atoms with Crippen LogP contribution < -0.4 is 14.8 Å². The van der Waals surface area contributed by atoms with Gasteiger partial charge in [0.1, 0.15) is 16.9 Å². The van der Waals surface area contributed by atoms with Crippen LogP contribution in [0.15, 0.2) is 60.8 Å². The number of benzene rings is 2. The van der Waals surface area contributed by atoms with Gasteiger partial charge in [0.15, 0.2) is 0 Å². The Balaban J connectivity index is 1.04. The van der Waals surface area contributed by atoms with E-state index in [1.165, 1.54) is 0 Å². The number of hydrogen-bond acceptors (Lipinski definition) is 9. The zero-order valence-corrected chi connectivity index (χ0v) is 30.6. The molecule has 0 radical (unpaired) electrons. The number of aliphatic hydroxyl groups excluding tert-OH is 2. The summed E-state index contributed by atoms with van der Waals surface area (Å²) < 4.78 is 12.1. The maximum Gasteiger partial charge on any atom is 0.258 e. The van der Waals surface area contributed by atoms with Crippen molar-refractivity contribution in [3.05, 3.63) is 98.7 Å². The highest BCUT2D eigenvalue weighted by Crippen LogP contribution is 2.44. The van der Waals surface area contributed by atoms with Crippen molar-refractivity contribution >= 4 is 34.9 Å². The van der Waals surface area contributed by atoms with Crippen molar-refractivity contribution in [1.82, 2.24) is 19.8 Å². The highest BCUT2D eigenvalue weighted by Gasteiger charge is 2.39. The highest BCUT2D eigenvalue weighted by molar-refractivity contribution is 6.37. The first-order valence-corrected chi connectivity index (χ1v) is 18.0. The average Bonchev–Trinajstić information content (AvgIpc) is 3.51. The van der Waals surface area contributed by atoms with Gasteiger partial charge in [0.25, 0.3) is 5.91 Å². The number of fused-ring (bicyclic) bond motifs is 1. The van der Waals surface area contributed by atoms with Crippen molar-refractivity contribution in [2.75, 3.05) is 51.8 Å². The monoisotopic (exact) mass is 731 g/mol. The van der Waals surface area contributed by atoms with Crippen LogP contribution in [0.2, 0.25) is 10.0 Å². The number of carbonyl (C=O) groups is 1. The van der Waals surface area contributed by atoms with Gasteiger partial charge in [0, 0.05) is 67.4 Å². The molecule has 1 atom stereocenters. The largest absolute Gasteiger partial charge is 0.481 e. The van der Waals surface area contributed by atoms with Gasteiger partial charge in [0.05, 0.1) is 30.9 Å². The smallest absolute Gasteiger partial charge is 0.258 e. The van der Waals surface area contributed by atoms with Gasteiger partial charge in [-0.3, -0.25) is 14.6 Å². The van der Waals surface area contributed by atoms with Crippen LogP contribution in [-0.2, 0) is 19.5 Å². The Labute approximate surface area is 308 Å². The molecule has 3 N–H and O–H groups in total. The molecule has 12 heteroatoms. The third-order valence-electron chi connectivity index (χ3n) is 10.2. The summed E-state index contributed by atoms with van der Waals surface area (Å²) in [6.07, 6.45) is 2.96. The number of rotatable bonds is 12. The van der Waals surface area contributed by atoms with E-state index in [9.17, 15) is 15.0 Å². The third-order valence-corrected chi connectivity index (χ3v) is 10.9. The molecule has 4 aromatic rings. The Bertz CT molecular complexity index is 1930. The zero-order chi connectivity index (χ0) is 35.9. The number of amides is 1. The first-order valence-electron chi connectivity index (χ1n) is 17.2. The zero-order valence-electron chi connectivity index (χ0n) is 29.1. The van der Waals surface area contributed by atoms with Crippen molar-refractivity contribution in [1.29, 1.82) is 0 Å². The fraction of sp³-hybridized carbons (Fsp3) is 0.410. The second-order valence-corrected chi connectivity index (χ2v) is 15.6. The van der Waals surface area contributed by atoms with Crippen LogP contribution in [0, 0.1) is 10.8 Å². The molecule has 2 aromatic heterocycles. The highest BCUT2D eigenvalue weighted by atomic mass is 35.5. The minimum atomic E-state index is -0.341. The van der Waals surface area contributed by atoms with Gasteiger partial charge < -0.3 is 25.0 Å². The first kappa shape index (κ1) is 35.6. The molecule has 1 aliphatic carbocycles. The van der Waals surface area contributed by atoms with Crippen LogP contribution in [0.25, 0.3) is 11.1 Å². The molecule has 10 nitrogen and oxygen atoms in total. The van der Waals surface area contributed by atoms with Crippen LogP contribution in [-0.4, -0.2) is 82.4 Å². The van der Waals surface area contributed by atoms with Crippen molar-refractivity contribution in [2.45, 2.75) is 45.9 Å². The maximum atomic E-state index is 13.4. The molecule has 2 aliphatic heterocycles. The fourth-order valence-corrected chi connectivity index (χ4v) is 8.20. The molecular formula is C39H43Cl2N5O5. The molecule has 1 amide bonds. The standard InChI is InChI=1S/C39H43Cl2N5O5/c1-38(22-47)18-45(19-38)16-24-10-13-33(42-15-24)43-35(49)30-9-5-8-29(34(30)41)26-6-4-7-28-27(26)11-12-32(28)51-37-31(40)14-25(36(44-37)50-3)17-46-20-39(2,21-46)23-48/h4-10,13-15,32,47-48H,11-12,16-23H2,1-3H3,(H,42,43,49)/t32-/m0/s1. The van der Waals surface area contributed by atoms with Gasteiger partial charge in [-0.25, -0.2) is 4.98 Å². The SMILES string of the molecule is COc1nc(O[C@H]2CCc3c(-c4cccc(C(=O)Nc5ccc(CN6CC(C)(CO)C6)cn5)c4Cl)cccc32)c(Cl)cc1CN1CC(C)(CO)C1. The lowest BCUT2D eigenvalue weighted by atomic mass is 9.83. The van der Waals surface area contributed by atoms with E-state index < -0.39 is 0 Å². The summed E-state index contributed by atoms with van der Waals surface area (Å²) in [7, 11) is 1.59. The number of pyridine rings is 2. The summed E-state index contributed by atoms with van der Waals surface area (Å²) in [4.78, 5) is 27.0. The Morgan fingerprint density at radius 2 is 1.63 bits per heavy atom. The van der Waals surface area contributed by atoms with Crippen LogP contribution in [0.4, 0.5) is 5.82 Å². The topological polar surface area (TPSA) is 120 Å².